The van der Waals surface area contributed by atoms with E-state index in [0.29, 0.717) is 11.3 Å². The molecular formula is C16H17NO6. The molecule has 1 aromatic rings. The van der Waals surface area contributed by atoms with Crippen LogP contribution in [0.2, 0.25) is 0 Å². The molecule has 0 spiro atoms. The number of aliphatic hydroxyl groups excluding tert-OH is 1. The van der Waals surface area contributed by atoms with Crippen molar-refractivity contribution in [3.8, 4) is 5.75 Å². The smallest absolute Gasteiger partial charge is 0.305 e. The fraction of sp³-hybridized carbons (Fsp3) is 0.312. The van der Waals surface area contributed by atoms with E-state index in [1.54, 1.807) is 24.3 Å². The van der Waals surface area contributed by atoms with Crippen molar-refractivity contribution in [2.75, 3.05) is 13.7 Å². The number of aliphatic carboxylic acids is 1. The number of hydrogen-bond donors (Lipinski definition) is 2. The third-order valence-corrected chi connectivity index (χ3v) is 3.68. The first-order chi connectivity index (χ1) is 10.9. The summed E-state index contributed by atoms with van der Waals surface area (Å²) in [7, 11) is 1.51. The van der Waals surface area contributed by atoms with Gasteiger partial charge >= 0.3 is 5.97 Å². The van der Waals surface area contributed by atoms with Gasteiger partial charge in [0.05, 0.1) is 25.1 Å². The van der Waals surface area contributed by atoms with E-state index >= 15 is 0 Å². The summed E-state index contributed by atoms with van der Waals surface area (Å²) in [5, 5.41) is 18.8. The predicted octanol–water partition coefficient (Wildman–Crippen LogP) is 1.45. The van der Waals surface area contributed by atoms with Crippen molar-refractivity contribution in [3.63, 3.8) is 0 Å². The molecule has 7 heteroatoms. The number of ketones is 1. The molecule has 0 saturated carbocycles. The van der Waals surface area contributed by atoms with Crippen molar-refractivity contribution in [2.45, 2.75) is 19.4 Å². The van der Waals surface area contributed by atoms with Crippen LogP contribution in [0.5, 0.6) is 5.75 Å². The van der Waals surface area contributed by atoms with Crippen molar-refractivity contribution in [2.24, 2.45) is 0 Å². The van der Waals surface area contributed by atoms with E-state index in [1.807, 2.05) is 0 Å². The summed E-state index contributed by atoms with van der Waals surface area (Å²) in [4.78, 5) is 36.0. The van der Waals surface area contributed by atoms with Gasteiger partial charge in [0.25, 0.3) is 5.91 Å². The van der Waals surface area contributed by atoms with Gasteiger partial charge in [-0.2, -0.15) is 0 Å². The van der Waals surface area contributed by atoms with E-state index in [9.17, 15) is 19.5 Å². The Labute approximate surface area is 132 Å². The fourth-order valence-electron chi connectivity index (χ4n) is 2.59. The van der Waals surface area contributed by atoms with Crippen LogP contribution in [0.25, 0.3) is 0 Å². The van der Waals surface area contributed by atoms with Crippen LogP contribution in [0.1, 0.15) is 24.9 Å². The summed E-state index contributed by atoms with van der Waals surface area (Å²) in [6.45, 7) is 1.15. The highest BCUT2D eigenvalue weighted by Crippen LogP contribution is 2.38. The monoisotopic (exact) mass is 319 g/mol. The average molecular weight is 319 g/mol. The van der Waals surface area contributed by atoms with Crippen LogP contribution in [0.15, 0.2) is 35.6 Å². The van der Waals surface area contributed by atoms with Gasteiger partial charge in [-0.3, -0.25) is 14.4 Å². The molecule has 0 saturated heterocycles. The molecule has 7 nitrogen and oxygen atoms in total. The Morgan fingerprint density at radius 3 is 2.35 bits per heavy atom. The lowest BCUT2D eigenvalue weighted by atomic mass is 9.96. The van der Waals surface area contributed by atoms with Crippen molar-refractivity contribution < 1.29 is 29.3 Å². The van der Waals surface area contributed by atoms with Crippen molar-refractivity contribution >= 4 is 17.7 Å². The molecule has 1 atom stereocenters. The number of amides is 1. The summed E-state index contributed by atoms with van der Waals surface area (Å²) in [5.74, 6) is -2.26. The maximum Gasteiger partial charge on any atom is 0.305 e. The molecule has 122 valence electrons. The number of carbonyl (C=O) groups excluding carboxylic acids is 2. The van der Waals surface area contributed by atoms with Gasteiger partial charge in [0.2, 0.25) is 0 Å². The fourth-order valence-corrected chi connectivity index (χ4v) is 2.59. The largest absolute Gasteiger partial charge is 0.503 e. The Hall–Kier alpha value is -2.83. The number of rotatable bonds is 6. The molecule has 1 heterocycles. The molecule has 2 rings (SSSR count). The highest BCUT2D eigenvalue weighted by molar-refractivity contribution is 6.08. The Bertz CT molecular complexity index is 676. The molecule has 1 aromatic carbocycles. The van der Waals surface area contributed by atoms with Crippen LogP contribution in [0, 0.1) is 0 Å². The number of nitrogens with zero attached hydrogens (tertiary/aromatic N) is 1. The Kier molecular flexibility index (Phi) is 4.68. The van der Waals surface area contributed by atoms with Gasteiger partial charge < -0.3 is 19.8 Å². The number of hydrogen-bond acceptors (Lipinski definition) is 5. The molecule has 1 amide bonds. The first-order valence-corrected chi connectivity index (χ1v) is 6.97. The number of benzene rings is 1. The van der Waals surface area contributed by atoms with E-state index < -0.39 is 29.5 Å². The van der Waals surface area contributed by atoms with Crippen molar-refractivity contribution in [3.05, 3.63) is 41.2 Å². The number of carbonyl (C=O) groups is 3. The minimum atomic E-state index is -1.07. The summed E-state index contributed by atoms with van der Waals surface area (Å²) in [6.07, 6.45) is -0.281. The summed E-state index contributed by atoms with van der Waals surface area (Å²) in [5.41, 5.74) is 0.573. The Balaban J connectivity index is 2.43. The first-order valence-electron chi connectivity index (χ1n) is 6.97. The highest BCUT2D eigenvalue weighted by atomic mass is 16.5. The third kappa shape index (κ3) is 3.18. The molecule has 0 radical (unpaired) electrons. The van der Waals surface area contributed by atoms with E-state index in [0.717, 1.165) is 0 Å². The van der Waals surface area contributed by atoms with Crippen molar-refractivity contribution in [1.82, 2.24) is 4.90 Å². The SMILES string of the molecule is COc1ccc(C2C(C(C)=O)=C(O)C(=O)N2CCC(=O)O)cc1. The van der Waals surface area contributed by atoms with E-state index in [4.69, 9.17) is 9.84 Å². The first kappa shape index (κ1) is 16.5. The minimum Gasteiger partial charge on any atom is -0.503 e. The second-order valence-electron chi connectivity index (χ2n) is 5.14. The lowest BCUT2D eigenvalue weighted by Crippen LogP contribution is -2.33. The molecule has 0 aromatic heterocycles. The zero-order chi connectivity index (χ0) is 17.1. The maximum absolute atomic E-state index is 12.2. The third-order valence-electron chi connectivity index (χ3n) is 3.68. The molecule has 0 aliphatic carbocycles. The molecule has 1 unspecified atom stereocenters. The van der Waals surface area contributed by atoms with Gasteiger partial charge in [-0.25, -0.2) is 0 Å². The van der Waals surface area contributed by atoms with E-state index in [1.165, 1.54) is 18.9 Å². The van der Waals surface area contributed by atoms with Gasteiger partial charge in [0.1, 0.15) is 5.75 Å². The van der Waals surface area contributed by atoms with Crippen LogP contribution in [0.3, 0.4) is 0 Å². The zero-order valence-corrected chi connectivity index (χ0v) is 12.8. The maximum atomic E-state index is 12.2. The summed E-state index contributed by atoms with van der Waals surface area (Å²) < 4.78 is 5.07. The van der Waals surface area contributed by atoms with E-state index in [-0.39, 0.29) is 18.5 Å². The number of ether oxygens (including phenoxy) is 1. The Morgan fingerprint density at radius 2 is 1.87 bits per heavy atom. The van der Waals surface area contributed by atoms with Crippen molar-refractivity contribution in [1.29, 1.82) is 0 Å². The van der Waals surface area contributed by atoms with Gasteiger partial charge in [0.15, 0.2) is 11.5 Å². The summed E-state index contributed by atoms with van der Waals surface area (Å²) in [6, 6.07) is 5.88. The lowest BCUT2D eigenvalue weighted by Gasteiger charge is -2.26. The number of carboxylic acids is 1. The lowest BCUT2D eigenvalue weighted by molar-refractivity contribution is -0.138. The number of Topliss-reactive ketones (excluding diaryl/α,β-unsaturated/α-hetero) is 1. The minimum absolute atomic E-state index is 0.0226. The van der Waals surface area contributed by atoms with Gasteiger partial charge in [-0.1, -0.05) is 12.1 Å². The molecular weight excluding hydrogens is 302 g/mol. The van der Waals surface area contributed by atoms with E-state index in [2.05, 4.69) is 0 Å². The van der Waals surface area contributed by atoms with Crippen LogP contribution < -0.4 is 4.74 Å². The van der Waals surface area contributed by atoms with Crippen LogP contribution in [0.4, 0.5) is 0 Å². The van der Waals surface area contributed by atoms with Gasteiger partial charge in [-0.15, -0.1) is 0 Å². The quantitative estimate of drug-likeness (QED) is 0.822. The topological polar surface area (TPSA) is 104 Å². The normalized spacial score (nSPS) is 17.6. The number of aliphatic hydroxyl groups is 1. The molecule has 0 bridgehead atoms. The molecule has 1 aliphatic rings. The molecule has 1 aliphatic heterocycles. The van der Waals surface area contributed by atoms with Crippen LogP contribution in [-0.2, 0) is 14.4 Å². The number of methoxy groups -OCH3 is 1. The molecule has 2 N–H and O–H groups in total. The van der Waals surface area contributed by atoms with Crippen LogP contribution in [-0.4, -0.2) is 46.4 Å². The molecule has 0 fully saturated rings. The van der Waals surface area contributed by atoms with Crippen LogP contribution >= 0.6 is 0 Å². The second-order valence-corrected chi connectivity index (χ2v) is 5.14. The van der Waals surface area contributed by atoms with Gasteiger partial charge in [0, 0.05) is 6.54 Å². The standard InChI is InChI=1S/C16H17NO6/c1-9(18)13-14(10-3-5-11(23-2)6-4-10)17(8-7-12(19)20)16(22)15(13)21/h3-6,14,21H,7-8H2,1-2H3,(H,19,20). The average Bonchev–Trinajstić information content (AvgIpc) is 2.77. The predicted molar refractivity (Wildman–Crippen MR) is 80.0 cm³/mol. The number of carboxylic acid groups (broad SMARTS) is 1. The highest BCUT2D eigenvalue weighted by Gasteiger charge is 2.42. The molecule has 23 heavy (non-hydrogen) atoms. The van der Waals surface area contributed by atoms with Gasteiger partial charge in [-0.05, 0) is 24.6 Å². The summed E-state index contributed by atoms with van der Waals surface area (Å²) >= 11 is 0. The Morgan fingerprint density at radius 1 is 1.26 bits per heavy atom. The second kappa shape index (κ2) is 6.51. The zero-order valence-electron chi connectivity index (χ0n) is 12.8.